The lowest BCUT2D eigenvalue weighted by Gasteiger charge is -2.23. The monoisotopic (exact) mass is 402 g/mol. The number of hydrogen-bond donors (Lipinski definition) is 1. The van der Waals surface area contributed by atoms with E-state index in [0.29, 0.717) is 6.42 Å². The van der Waals surface area contributed by atoms with Crippen molar-refractivity contribution >= 4 is 28.7 Å². The lowest BCUT2D eigenvalue weighted by molar-refractivity contribution is -0.146. The molecule has 152 valence electrons. The SMILES string of the molecule is CC(C(=O)O)N1C(=O)C(Cc2ccccc2)N(Cc2cccc3ccccc23)C1=O. The number of fused-ring (bicyclic) bond motifs is 1. The number of carbonyl (C=O) groups excluding carboxylic acids is 2. The molecule has 6 nitrogen and oxygen atoms in total. The molecule has 0 radical (unpaired) electrons. The van der Waals surface area contributed by atoms with Crippen LogP contribution in [0, 0.1) is 0 Å². The molecular formula is C24H22N2O4. The Kier molecular flexibility index (Phi) is 5.23. The normalized spacial score (nSPS) is 17.6. The number of urea groups is 1. The predicted octanol–water partition coefficient (Wildman–Crippen LogP) is 3.69. The molecule has 30 heavy (non-hydrogen) atoms. The molecule has 0 bridgehead atoms. The molecule has 1 aliphatic rings. The van der Waals surface area contributed by atoms with Gasteiger partial charge in [-0.3, -0.25) is 4.79 Å². The van der Waals surface area contributed by atoms with Gasteiger partial charge in [-0.25, -0.2) is 14.5 Å². The number of benzene rings is 3. The number of carboxylic acids is 1. The number of hydrogen-bond acceptors (Lipinski definition) is 3. The summed E-state index contributed by atoms with van der Waals surface area (Å²) < 4.78 is 0. The molecule has 0 aliphatic carbocycles. The van der Waals surface area contributed by atoms with E-state index in [1.54, 1.807) is 0 Å². The van der Waals surface area contributed by atoms with Gasteiger partial charge in [0.15, 0.2) is 0 Å². The van der Waals surface area contributed by atoms with Crippen LogP contribution in [-0.2, 0) is 22.6 Å². The van der Waals surface area contributed by atoms with Crippen LogP contribution < -0.4 is 0 Å². The zero-order chi connectivity index (χ0) is 21.3. The standard InChI is InChI=1S/C24H22N2O4/c1-16(23(28)29)26-22(27)21(14-17-8-3-2-4-9-17)25(24(26)30)15-19-12-7-11-18-10-5-6-13-20(18)19/h2-13,16,21H,14-15H2,1H3,(H,28,29). The smallest absolute Gasteiger partial charge is 0.328 e. The van der Waals surface area contributed by atoms with Crippen molar-refractivity contribution in [3.05, 3.63) is 83.9 Å². The highest BCUT2D eigenvalue weighted by Crippen LogP contribution is 2.28. The Labute approximate surface area is 174 Å². The van der Waals surface area contributed by atoms with E-state index in [2.05, 4.69) is 0 Å². The van der Waals surface area contributed by atoms with Crippen molar-refractivity contribution in [2.45, 2.75) is 32.0 Å². The third-order valence-corrected chi connectivity index (χ3v) is 5.59. The topological polar surface area (TPSA) is 77.9 Å². The number of nitrogens with zero attached hydrogens (tertiary/aromatic N) is 2. The van der Waals surface area contributed by atoms with Gasteiger partial charge >= 0.3 is 12.0 Å². The lowest BCUT2D eigenvalue weighted by atomic mass is 10.0. The Morgan fingerprint density at radius 1 is 0.967 bits per heavy atom. The number of aliphatic carboxylic acids is 1. The van der Waals surface area contributed by atoms with Gasteiger partial charge in [0.1, 0.15) is 12.1 Å². The van der Waals surface area contributed by atoms with Crippen LogP contribution >= 0.6 is 0 Å². The summed E-state index contributed by atoms with van der Waals surface area (Å²) in [4.78, 5) is 40.2. The molecule has 0 saturated carbocycles. The highest BCUT2D eigenvalue weighted by Gasteiger charge is 2.48. The van der Waals surface area contributed by atoms with Crippen molar-refractivity contribution in [3.8, 4) is 0 Å². The zero-order valence-corrected chi connectivity index (χ0v) is 16.6. The van der Waals surface area contributed by atoms with Crippen LogP contribution in [0.5, 0.6) is 0 Å². The predicted molar refractivity (Wildman–Crippen MR) is 113 cm³/mol. The van der Waals surface area contributed by atoms with Gasteiger partial charge in [0, 0.05) is 13.0 Å². The number of carboxylic acid groups (broad SMARTS) is 1. The molecule has 2 atom stereocenters. The fourth-order valence-electron chi connectivity index (χ4n) is 3.95. The molecule has 0 spiro atoms. The van der Waals surface area contributed by atoms with Crippen molar-refractivity contribution < 1.29 is 19.5 Å². The molecule has 1 saturated heterocycles. The summed E-state index contributed by atoms with van der Waals surface area (Å²) >= 11 is 0. The minimum atomic E-state index is -1.22. The molecule has 0 aromatic heterocycles. The minimum Gasteiger partial charge on any atom is -0.480 e. The number of amides is 3. The number of rotatable bonds is 6. The molecular weight excluding hydrogens is 380 g/mol. The van der Waals surface area contributed by atoms with E-state index in [4.69, 9.17) is 0 Å². The highest BCUT2D eigenvalue weighted by atomic mass is 16.4. The van der Waals surface area contributed by atoms with E-state index in [-0.39, 0.29) is 6.54 Å². The lowest BCUT2D eigenvalue weighted by Crippen LogP contribution is -2.44. The highest BCUT2D eigenvalue weighted by molar-refractivity contribution is 6.07. The van der Waals surface area contributed by atoms with Crippen molar-refractivity contribution in [1.29, 1.82) is 0 Å². The van der Waals surface area contributed by atoms with Crippen molar-refractivity contribution in [2.24, 2.45) is 0 Å². The molecule has 3 amide bonds. The molecule has 4 rings (SSSR count). The van der Waals surface area contributed by atoms with Gasteiger partial charge < -0.3 is 10.0 Å². The first-order valence-corrected chi connectivity index (χ1v) is 9.84. The first-order chi connectivity index (χ1) is 14.5. The van der Waals surface area contributed by atoms with Gasteiger partial charge in [-0.1, -0.05) is 72.8 Å². The zero-order valence-electron chi connectivity index (χ0n) is 16.6. The molecule has 2 unspecified atom stereocenters. The van der Waals surface area contributed by atoms with Gasteiger partial charge in [-0.2, -0.15) is 0 Å². The third-order valence-electron chi connectivity index (χ3n) is 5.59. The molecule has 6 heteroatoms. The van der Waals surface area contributed by atoms with Crippen molar-refractivity contribution in [2.75, 3.05) is 0 Å². The van der Waals surface area contributed by atoms with E-state index in [1.807, 2.05) is 72.8 Å². The third kappa shape index (κ3) is 3.52. The van der Waals surface area contributed by atoms with E-state index < -0.39 is 30.0 Å². The van der Waals surface area contributed by atoms with Gasteiger partial charge in [0.05, 0.1) is 0 Å². The molecule has 3 aromatic carbocycles. The summed E-state index contributed by atoms with van der Waals surface area (Å²) in [6.45, 7) is 1.59. The van der Waals surface area contributed by atoms with Crippen molar-refractivity contribution in [1.82, 2.24) is 9.80 Å². The average Bonchev–Trinajstić information content (AvgIpc) is 2.98. The van der Waals surface area contributed by atoms with Crippen LogP contribution in [0.4, 0.5) is 4.79 Å². The maximum atomic E-state index is 13.2. The number of imide groups is 1. The quantitative estimate of drug-likeness (QED) is 0.638. The molecule has 1 heterocycles. The van der Waals surface area contributed by atoms with Gasteiger partial charge in [-0.15, -0.1) is 0 Å². The second-order valence-corrected chi connectivity index (χ2v) is 7.48. The summed E-state index contributed by atoms with van der Waals surface area (Å²) in [7, 11) is 0. The maximum absolute atomic E-state index is 13.2. The largest absolute Gasteiger partial charge is 0.480 e. The first-order valence-electron chi connectivity index (χ1n) is 9.84. The first kappa shape index (κ1) is 19.6. The van der Waals surface area contributed by atoms with Gasteiger partial charge in [0.2, 0.25) is 0 Å². The van der Waals surface area contributed by atoms with E-state index in [1.165, 1.54) is 11.8 Å². The maximum Gasteiger partial charge on any atom is 0.328 e. The summed E-state index contributed by atoms with van der Waals surface area (Å²) in [6, 6.07) is 20.6. The number of carbonyl (C=O) groups is 3. The Hall–Kier alpha value is -3.67. The summed E-state index contributed by atoms with van der Waals surface area (Å²) in [5, 5.41) is 11.5. The molecule has 3 aromatic rings. The molecule has 1 N–H and O–H groups in total. The second-order valence-electron chi connectivity index (χ2n) is 7.48. The summed E-state index contributed by atoms with van der Waals surface area (Å²) in [5.74, 6) is -1.68. The summed E-state index contributed by atoms with van der Waals surface area (Å²) in [5.41, 5.74) is 1.83. The van der Waals surface area contributed by atoms with Crippen LogP contribution in [-0.4, -0.2) is 44.9 Å². The summed E-state index contributed by atoms with van der Waals surface area (Å²) in [6.07, 6.45) is 0.332. The fraction of sp³-hybridized carbons (Fsp3) is 0.208. The van der Waals surface area contributed by atoms with E-state index in [0.717, 1.165) is 26.8 Å². The van der Waals surface area contributed by atoms with Gasteiger partial charge in [-0.05, 0) is 28.8 Å². The fourth-order valence-corrected chi connectivity index (χ4v) is 3.95. The van der Waals surface area contributed by atoms with Gasteiger partial charge in [0.25, 0.3) is 5.91 Å². The Morgan fingerprint density at radius 2 is 1.63 bits per heavy atom. The van der Waals surface area contributed by atoms with E-state index in [9.17, 15) is 19.5 Å². The van der Waals surface area contributed by atoms with Crippen LogP contribution in [0.15, 0.2) is 72.8 Å². The average molecular weight is 402 g/mol. The second kappa shape index (κ2) is 7.99. The van der Waals surface area contributed by atoms with Crippen LogP contribution in [0.1, 0.15) is 18.1 Å². The minimum absolute atomic E-state index is 0.228. The van der Waals surface area contributed by atoms with Crippen molar-refractivity contribution in [3.63, 3.8) is 0 Å². The molecule has 1 fully saturated rings. The van der Waals surface area contributed by atoms with E-state index >= 15 is 0 Å². The van der Waals surface area contributed by atoms with Crippen LogP contribution in [0.2, 0.25) is 0 Å². The van der Waals surface area contributed by atoms with Crippen LogP contribution in [0.3, 0.4) is 0 Å². The Morgan fingerprint density at radius 3 is 2.37 bits per heavy atom. The Bertz CT molecular complexity index is 1110. The molecule has 1 aliphatic heterocycles. The Balaban J connectivity index is 1.72. The van der Waals surface area contributed by atoms with Crippen LogP contribution in [0.25, 0.3) is 10.8 Å².